The standard InChI is InChI=1S/C15H20ClNO5/c1-14(2,3)22-13(21)17-15(4,12(19)20)8-9-5-6-11(18)10(16)7-9/h5-7,18H,8H2,1-4H3,(H,17,21)(H,19,20)/t15-/m0/s1. The van der Waals surface area contributed by atoms with Gasteiger partial charge in [-0.2, -0.15) is 0 Å². The van der Waals surface area contributed by atoms with Crippen molar-refractivity contribution in [3.63, 3.8) is 0 Å². The molecule has 0 bridgehead atoms. The van der Waals surface area contributed by atoms with Crippen molar-refractivity contribution in [2.45, 2.75) is 45.3 Å². The van der Waals surface area contributed by atoms with E-state index < -0.39 is 23.2 Å². The van der Waals surface area contributed by atoms with Crippen LogP contribution < -0.4 is 5.32 Å². The molecule has 0 saturated carbocycles. The van der Waals surface area contributed by atoms with Crippen molar-refractivity contribution in [2.75, 3.05) is 0 Å². The van der Waals surface area contributed by atoms with E-state index in [1.807, 2.05) is 0 Å². The molecular weight excluding hydrogens is 310 g/mol. The van der Waals surface area contributed by atoms with Crippen molar-refractivity contribution in [2.24, 2.45) is 0 Å². The molecule has 0 unspecified atom stereocenters. The lowest BCUT2D eigenvalue weighted by molar-refractivity contribution is -0.144. The highest BCUT2D eigenvalue weighted by Crippen LogP contribution is 2.26. The van der Waals surface area contributed by atoms with Gasteiger partial charge in [0, 0.05) is 6.42 Å². The lowest BCUT2D eigenvalue weighted by atomic mass is 9.93. The molecule has 7 heteroatoms. The smallest absolute Gasteiger partial charge is 0.408 e. The van der Waals surface area contributed by atoms with Gasteiger partial charge in [0.05, 0.1) is 5.02 Å². The number of hydrogen-bond donors (Lipinski definition) is 3. The number of phenolic OH excluding ortho intramolecular Hbond substituents is 1. The molecule has 122 valence electrons. The Morgan fingerprint density at radius 2 is 1.86 bits per heavy atom. The molecule has 3 N–H and O–H groups in total. The van der Waals surface area contributed by atoms with Crippen molar-refractivity contribution >= 4 is 23.7 Å². The third-order valence-corrected chi connectivity index (χ3v) is 3.12. The highest BCUT2D eigenvalue weighted by molar-refractivity contribution is 6.32. The zero-order valence-corrected chi connectivity index (χ0v) is 13.7. The number of nitrogens with one attached hydrogen (secondary N) is 1. The molecule has 0 heterocycles. The molecular formula is C15H20ClNO5. The van der Waals surface area contributed by atoms with E-state index >= 15 is 0 Å². The minimum Gasteiger partial charge on any atom is -0.506 e. The molecule has 1 aromatic rings. The van der Waals surface area contributed by atoms with Gasteiger partial charge in [-0.3, -0.25) is 0 Å². The second-order valence-corrected chi connectivity index (χ2v) is 6.63. The molecule has 0 saturated heterocycles. The summed E-state index contributed by atoms with van der Waals surface area (Å²) >= 11 is 5.81. The Balaban J connectivity index is 2.93. The first-order valence-electron chi connectivity index (χ1n) is 6.65. The number of carboxylic acid groups (broad SMARTS) is 1. The van der Waals surface area contributed by atoms with Crippen molar-refractivity contribution < 1.29 is 24.5 Å². The average Bonchev–Trinajstić information content (AvgIpc) is 2.31. The summed E-state index contributed by atoms with van der Waals surface area (Å²) in [6.07, 6.45) is -0.830. The lowest BCUT2D eigenvalue weighted by Gasteiger charge is -2.28. The number of alkyl carbamates (subject to hydrolysis) is 1. The third kappa shape index (κ3) is 5.11. The van der Waals surface area contributed by atoms with E-state index in [1.165, 1.54) is 19.1 Å². The Hall–Kier alpha value is -1.95. The molecule has 0 spiro atoms. The van der Waals surface area contributed by atoms with Gasteiger partial charge in [-0.25, -0.2) is 9.59 Å². The summed E-state index contributed by atoms with van der Waals surface area (Å²) in [5, 5.41) is 21.3. The van der Waals surface area contributed by atoms with Crippen molar-refractivity contribution in [1.29, 1.82) is 0 Å². The first-order chi connectivity index (χ1) is 9.93. The summed E-state index contributed by atoms with van der Waals surface area (Å²) in [6, 6.07) is 4.36. The number of aromatic hydroxyl groups is 1. The summed E-state index contributed by atoms with van der Waals surface area (Å²) in [5.74, 6) is -1.30. The predicted octanol–water partition coefficient (Wildman–Crippen LogP) is 2.96. The van der Waals surface area contributed by atoms with Crippen LogP contribution in [0.15, 0.2) is 18.2 Å². The zero-order chi connectivity index (χ0) is 17.1. The second kappa shape index (κ2) is 6.44. The minimum atomic E-state index is -1.57. The minimum absolute atomic E-state index is 0.0123. The molecule has 0 aliphatic rings. The van der Waals surface area contributed by atoms with Gasteiger partial charge in [-0.15, -0.1) is 0 Å². The van der Waals surface area contributed by atoms with E-state index in [1.54, 1.807) is 26.8 Å². The van der Waals surface area contributed by atoms with Crippen LogP contribution >= 0.6 is 11.6 Å². The Morgan fingerprint density at radius 1 is 1.27 bits per heavy atom. The summed E-state index contributed by atoms with van der Waals surface area (Å²) < 4.78 is 5.08. The van der Waals surface area contributed by atoms with Gasteiger partial charge < -0.3 is 20.3 Å². The molecule has 6 nitrogen and oxygen atoms in total. The lowest BCUT2D eigenvalue weighted by Crippen LogP contribution is -2.54. The number of hydrogen-bond acceptors (Lipinski definition) is 4. The van der Waals surface area contributed by atoms with Gasteiger partial charge in [0.2, 0.25) is 0 Å². The quantitative estimate of drug-likeness (QED) is 0.789. The van der Waals surface area contributed by atoms with Crippen LogP contribution in [0.5, 0.6) is 5.75 Å². The molecule has 1 atom stereocenters. The largest absolute Gasteiger partial charge is 0.506 e. The van der Waals surface area contributed by atoms with Crippen LogP contribution in [0.25, 0.3) is 0 Å². The highest BCUT2D eigenvalue weighted by Gasteiger charge is 2.36. The van der Waals surface area contributed by atoms with Crippen molar-refractivity contribution in [3.05, 3.63) is 28.8 Å². The fourth-order valence-electron chi connectivity index (χ4n) is 1.77. The molecule has 0 radical (unpaired) electrons. The van der Waals surface area contributed by atoms with Crippen LogP contribution in [0.4, 0.5) is 4.79 Å². The fourth-order valence-corrected chi connectivity index (χ4v) is 1.97. The molecule has 0 aromatic heterocycles. The van der Waals surface area contributed by atoms with E-state index in [-0.39, 0.29) is 17.2 Å². The average molecular weight is 330 g/mol. The number of ether oxygens (including phenoxy) is 1. The number of carbonyl (C=O) groups excluding carboxylic acids is 1. The molecule has 1 aromatic carbocycles. The molecule has 0 aliphatic carbocycles. The Kier molecular flexibility index (Phi) is 5.30. The monoisotopic (exact) mass is 329 g/mol. The fraction of sp³-hybridized carbons (Fsp3) is 0.467. The van der Waals surface area contributed by atoms with Crippen LogP contribution in [0.2, 0.25) is 5.02 Å². The van der Waals surface area contributed by atoms with Crippen molar-refractivity contribution in [1.82, 2.24) is 5.32 Å². The topological polar surface area (TPSA) is 95.9 Å². The Bertz CT molecular complexity index is 582. The van der Waals surface area contributed by atoms with Crippen LogP contribution in [0, 0.1) is 0 Å². The highest BCUT2D eigenvalue weighted by atomic mass is 35.5. The Morgan fingerprint density at radius 3 is 2.32 bits per heavy atom. The van der Waals surface area contributed by atoms with Crippen LogP contribution in [0.1, 0.15) is 33.3 Å². The Labute approximate surface area is 134 Å². The maximum absolute atomic E-state index is 11.8. The van der Waals surface area contributed by atoms with Gasteiger partial charge >= 0.3 is 12.1 Å². The number of carboxylic acids is 1. The SMILES string of the molecule is CC(C)(C)OC(=O)N[C@@](C)(Cc1ccc(O)c(Cl)c1)C(=O)O. The molecule has 1 rings (SSSR count). The van der Waals surface area contributed by atoms with E-state index in [9.17, 15) is 19.8 Å². The number of rotatable bonds is 4. The van der Waals surface area contributed by atoms with Crippen LogP contribution in [0.3, 0.4) is 0 Å². The number of phenols is 1. The predicted molar refractivity (Wildman–Crippen MR) is 82.2 cm³/mol. The molecule has 0 aliphatic heterocycles. The van der Waals surface area contributed by atoms with E-state index in [4.69, 9.17) is 16.3 Å². The van der Waals surface area contributed by atoms with Crippen molar-refractivity contribution in [3.8, 4) is 5.75 Å². The van der Waals surface area contributed by atoms with Gasteiger partial charge in [-0.1, -0.05) is 17.7 Å². The maximum Gasteiger partial charge on any atom is 0.408 e. The molecule has 22 heavy (non-hydrogen) atoms. The van der Waals surface area contributed by atoms with E-state index in [0.717, 1.165) is 0 Å². The number of benzene rings is 1. The van der Waals surface area contributed by atoms with Gasteiger partial charge in [0.15, 0.2) is 0 Å². The number of amides is 1. The van der Waals surface area contributed by atoms with Crippen LogP contribution in [-0.2, 0) is 16.0 Å². The summed E-state index contributed by atoms with van der Waals surface area (Å²) in [5.41, 5.74) is -1.74. The number of aliphatic carboxylic acids is 1. The van der Waals surface area contributed by atoms with E-state index in [0.29, 0.717) is 5.56 Å². The summed E-state index contributed by atoms with van der Waals surface area (Å²) in [4.78, 5) is 23.4. The number of carbonyl (C=O) groups is 2. The maximum atomic E-state index is 11.8. The van der Waals surface area contributed by atoms with E-state index in [2.05, 4.69) is 5.32 Å². The normalized spacial score (nSPS) is 14.0. The van der Waals surface area contributed by atoms with Gasteiger partial charge in [0.1, 0.15) is 16.9 Å². The van der Waals surface area contributed by atoms with Gasteiger partial charge in [0.25, 0.3) is 0 Å². The third-order valence-electron chi connectivity index (χ3n) is 2.82. The number of halogens is 1. The summed E-state index contributed by atoms with van der Waals surface area (Å²) in [7, 11) is 0. The molecule has 1 amide bonds. The molecule has 0 fully saturated rings. The first-order valence-corrected chi connectivity index (χ1v) is 7.03. The first kappa shape index (κ1) is 18.1. The second-order valence-electron chi connectivity index (χ2n) is 6.23. The zero-order valence-electron chi connectivity index (χ0n) is 12.9. The summed E-state index contributed by atoms with van der Waals surface area (Å²) in [6.45, 7) is 6.43. The van der Waals surface area contributed by atoms with Crippen LogP contribution in [-0.4, -0.2) is 33.4 Å². The van der Waals surface area contributed by atoms with Gasteiger partial charge in [-0.05, 0) is 45.4 Å².